The summed E-state index contributed by atoms with van der Waals surface area (Å²) in [7, 11) is 0. The van der Waals surface area contributed by atoms with Crippen LogP contribution < -0.4 is 5.32 Å². The molecule has 3 heterocycles. The molecule has 2 N–H and O–H groups in total. The molecule has 1 aromatic heterocycles. The smallest absolute Gasteiger partial charge is 0.0695 e. The predicted molar refractivity (Wildman–Crippen MR) is 104 cm³/mol. The zero-order valence-corrected chi connectivity index (χ0v) is 15.7. The number of H-pyrrole nitrogens is 1. The summed E-state index contributed by atoms with van der Waals surface area (Å²) >= 11 is 0. The molecule has 6 heteroatoms. The zero-order valence-electron chi connectivity index (χ0n) is 14.9. The third-order valence-corrected chi connectivity index (χ3v) is 5.33. The maximum Gasteiger partial charge on any atom is 0.0695 e. The lowest BCUT2D eigenvalue weighted by Gasteiger charge is -2.32. The second-order valence-electron chi connectivity index (χ2n) is 7.10. The van der Waals surface area contributed by atoms with Gasteiger partial charge in [-0.1, -0.05) is 23.8 Å². The van der Waals surface area contributed by atoms with Crippen molar-refractivity contribution in [1.29, 1.82) is 0 Å². The van der Waals surface area contributed by atoms with Gasteiger partial charge in [0.25, 0.3) is 0 Å². The van der Waals surface area contributed by atoms with Crippen LogP contribution in [0.15, 0.2) is 30.5 Å². The number of hydrogen-bond donors (Lipinski definition) is 2. The van der Waals surface area contributed by atoms with Gasteiger partial charge in [-0.2, -0.15) is 5.10 Å². The van der Waals surface area contributed by atoms with Crippen LogP contribution in [-0.2, 0) is 6.54 Å². The Hall–Kier alpha value is -1.40. The SMILES string of the molecule is Cc1cccc(-c2[nH]ncc2CN2CCC(N3CCNCC3)C2)c1.Cl. The molecule has 0 bridgehead atoms. The molecule has 2 aromatic rings. The molecule has 0 amide bonds. The van der Waals surface area contributed by atoms with Crippen molar-refractivity contribution in [2.24, 2.45) is 0 Å². The number of nitrogens with zero attached hydrogens (tertiary/aromatic N) is 3. The first-order chi connectivity index (χ1) is 11.8. The van der Waals surface area contributed by atoms with E-state index in [4.69, 9.17) is 0 Å². The van der Waals surface area contributed by atoms with E-state index in [2.05, 4.69) is 56.5 Å². The minimum atomic E-state index is 0. The first-order valence-corrected chi connectivity index (χ1v) is 9.06. The van der Waals surface area contributed by atoms with Crippen molar-refractivity contribution in [3.05, 3.63) is 41.6 Å². The van der Waals surface area contributed by atoms with Gasteiger partial charge in [-0.25, -0.2) is 0 Å². The predicted octanol–water partition coefficient (Wildman–Crippen LogP) is 2.29. The lowest BCUT2D eigenvalue weighted by molar-refractivity contribution is 0.170. The van der Waals surface area contributed by atoms with Gasteiger partial charge < -0.3 is 5.32 Å². The largest absolute Gasteiger partial charge is 0.314 e. The highest BCUT2D eigenvalue weighted by Gasteiger charge is 2.28. The van der Waals surface area contributed by atoms with E-state index in [9.17, 15) is 0 Å². The fraction of sp³-hybridized carbons (Fsp3) is 0.526. The van der Waals surface area contributed by atoms with Crippen LogP contribution in [-0.4, -0.2) is 65.3 Å². The molecule has 1 atom stereocenters. The van der Waals surface area contributed by atoms with Crippen molar-refractivity contribution >= 4 is 12.4 Å². The Morgan fingerprint density at radius 2 is 2.04 bits per heavy atom. The van der Waals surface area contributed by atoms with Crippen molar-refractivity contribution in [1.82, 2.24) is 25.3 Å². The number of piperazine rings is 1. The van der Waals surface area contributed by atoms with Crippen LogP contribution in [0.4, 0.5) is 0 Å². The molecule has 2 aliphatic rings. The fourth-order valence-corrected chi connectivity index (χ4v) is 4.02. The summed E-state index contributed by atoms with van der Waals surface area (Å²) in [6, 6.07) is 9.37. The summed E-state index contributed by atoms with van der Waals surface area (Å²) in [5.74, 6) is 0. The molecule has 0 saturated carbocycles. The molecule has 1 aromatic carbocycles. The second kappa shape index (κ2) is 8.32. The average molecular weight is 362 g/mol. The molecule has 2 aliphatic heterocycles. The van der Waals surface area contributed by atoms with E-state index in [1.807, 2.05) is 6.20 Å². The summed E-state index contributed by atoms with van der Waals surface area (Å²) in [5, 5.41) is 11.0. The second-order valence-corrected chi connectivity index (χ2v) is 7.10. The van der Waals surface area contributed by atoms with Crippen molar-refractivity contribution in [2.75, 3.05) is 39.3 Å². The number of benzene rings is 1. The Bertz CT molecular complexity index is 680. The normalized spacial score (nSPS) is 22.0. The van der Waals surface area contributed by atoms with Crippen LogP contribution in [0.1, 0.15) is 17.5 Å². The highest BCUT2D eigenvalue weighted by Crippen LogP contribution is 2.25. The van der Waals surface area contributed by atoms with E-state index in [-0.39, 0.29) is 12.4 Å². The van der Waals surface area contributed by atoms with Crippen LogP contribution >= 0.6 is 12.4 Å². The topological polar surface area (TPSA) is 47.2 Å². The third-order valence-electron chi connectivity index (χ3n) is 5.33. The number of rotatable bonds is 4. The highest BCUT2D eigenvalue weighted by atomic mass is 35.5. The third kappa shape index (κ3) is 4.23. The number of hydrogen-bond acceptors (Lipinski definition) is 4. The number of aromatic amines is 1. The van der Waals surface area contributed by atoms with Gasteiger partial charge in [-0.05, 0) is 19.4 Å². The number of nitrogens with one attached hydrogen (secondary N) is 2. The van der Waals surface area contributed by atoms with Crippen molar-refractivity contribution in [3.8, 4) is 11.3 Å². The monoisotopic (exact) mass is 361 g/mol. The summed E-state index contributed by atoms with van der Waals surface area (Å²) in [5.41, 5.74) is 5.00. The van der Waals surface area contributed by atoms with E-state index in [0.717, 1.165) is 25.7 Å². The zero-order chi connectivity index (χ0) is 16.4. The van der Waals surface area contributed by atoms with E-state index >= 15 is 0 Å². The van der Waals surface area contributed by atoms with Gasteiger partial charge in [0.15, 0.2) is 0 Å². The quantitative estimate of drug-likeness (QED) is 0.877. The summed E-state index contributed by atoms with van der Waals surface area (Å²) in [4.78, 5) is 5.24. The highest BCUT2D eigenvalue weighted by molar-refractivity contribution is 5.85. The van der Waals surface area contributed by atoms with Gasteiger partial charge in [-0.3, -0.25) is 14.9 Å². The van der Waals surface area contributed by atoms with Gasteiger partial charge in [-0.15, -0.1) is 12.4 Å². The maximum atomic E-state index is 4.31. The molecule has 0 radical (unpaired) electrons. The summed E-state index contributed by atoms with van der Waals surface area (Å²) in [6.45, 7) is 10.1. The van der Waals surface area contributed by atoms with Gasteiger partial charge >= 0.3 is 0 Å². The Morgan fingerprint density at radius 1 is 1.20 bits per heavy atom. The van der Waals surface area contributed by atoms with Gasteiger partial charge in [0.05, 0.1) is 11.9 Å². The number of halogens is 1. The Morgan fingerprint density at radius 3 is 2.84 bits per heavy atom. The van der Waals surface area contributed by atoms with E-state index in [1.54, 1.807) is 0 Å². The molecule has 0 aliphatic carbocycles. The van der Waals surface area contributed by atoms with Gasteiger partial charge in [0.1, 0.15) is 0 Å². The average Bonchev–Trinajstić information content (AvgIpc) is 3.26. The van der Waals surface area contributed by atoms with Crippen LogP contribution in [0.25, 0.3) is 11.3 Å². The van der Waals surface area contributed by atoms with Crippen LogP contribution in [0.3, 0.4) is 0 Å². The molecule has 5 nitrogen and oxygen atoms in total. The number of aromatic nitrogens is 2. The van der Waals surface area contributed by atoms with Crippen LogP contribution in [0, 0.1) is 6.92 Å². The van der Waals surface area contributed by atoms with Crippen LogP contribution in [0.2, 0.25) is 0 Å². The maximum absolute atomic E-state index is 4.31. The molecule has 1 unspecified atom stereocenters. The standard InChI is InChI=1S/C19H27N5.ClH/c1-15-3-2-4-16(11-15)19-17(12-21-22-19)13-23-8-5-18(14-23)24-9-6-20-7-10-24;/h2-4,11-12,18,20H,5-10,13-14H2,1H3,(H,21,22);1H. The van der Waals surface area contributed by atoms with Gasteiger partial charge in [0, 0.05) is 63.0 Å². The summed E-state index contributed by atoms with van der Waals surface area (Å²) < 4.78 is 0. The Balaban J connectivity index is 0.00000182. The molecular weight excluding hydrogens is 334 g/mol. The van der Waals surface area contributed by atoms with Gasteiger partial charge in [0.2, 0.25) is 0 Å². The van der Waals surface area contributed by atoms with Crippen molar-refractivity contribution < 1.29 is 0 Å². The molecular formula is C19H28ClN5. The van der Waals surface area contributed by atoms with Crippen molar-refractivity contribution in [3.63, 3.8) is 0 Å². The van der Waals surface area contributed by atoms with Crippen molar-refractivity contribution in [2.45, 2.75) is 25.9 Å². The first kappa shape index (κ1) is 18.4. The molecule has 4 rings (SSSR count). The molecule has 25 heavy (non-hydrogen) atoms. The number of likely N-dealkylation sites (tertiary alicyclic amines) is 1. The molecule has 0 spiro atoms. The van der Waals surface area contributed by atoms with Crippen LogP contribution in [0.5, 0.6) is 0 Å². The van der Waals surface area contributed by atoms with E-state index in [1.165, 1.54) is 55.0 Å². The Kier molecular flexibility index (Phi) is 6.12. The lowest BCUT2D eigenvalue weighted by atomic mass is 10.1. The fourth-order valence-electron chi connectivity index (χ4n) is 4.02. The summed E-state index contributed by atoms with van der Waals surface area (Å²) in [6.07, 6.45) is 3.29. The molecule has 136 valence electrons. The minimum absolute atomic E-state index is 0. The molecule has 2 saturated heterocycles. The number of aryl methyl sites for hydroxylation is 1. The molecule has 2 fully saturated rings. The van der Waals surface area contributed by atoms with E-state index < -0.39 is 0 Å². The van der Waals surface area contributed by atoms with E-state index in [0.29, 0.717) is 0 Å². The minimum Gasteiger partial charge on any atom is -0.314 e. The Labute approximate surface area is 156 Å². The lowest BCUT2D eigenvalue weighted by Crippen LogP contribution is -2.49. The first-order valence-electron chi connectivity index (χ1n) is 9.06.